The summed E-state index contributed by atoms with van der Waals surface area (Å²) in [6.07, 6.45) is 1.84. The van der Waals surface area contributed by atoms with E-state index in [2.05, 4.69) is 27.5 Å². The van der Waals surface area contributed by atoms with E-state index in [0.29, 0.717) is 0 Å². The maximum atomic E-state index is 4.65. The number of aromatic nitrogens is 2. The van der Waals surface area contributed by atoms with Crippen molar-refractivity contribution in [3.63, 3.8) is 0 Å². The van der Waals surface area contributed by atoms with E-state index in [1.165, 1.54) is 5.56 Å². The van der Waals surface area contributed by atoms with Crippen molar-refractivity contribution in [1.82, 2.24) is 9.97 Å². The second-order valence-electron chi connectivity index (χ2n) is 3.60. The molecule has 0 amide bonds. The number of rotatable bonds is 4. The van der Waals surface area contributed by atoms with Crippen LogP contribution < -0.4 is 0 Å². The molecule has 0 spiro atoms. The van der Waals surface area contributed by atoms with Gasteiger partial charge < -0.3 is 0 Å². The quantitative estimate of drug-likeness (QED) is 0.659. The number of hydrogen-bond donors (Lipinski definition) is 0. The molecule has 0 atom stereocenters. The van der Waals surface area contributed by atoms with Crippen LogP contribution in [0.1, 0.15) is 5.69 Å². The molecule has 0 bridgehead atoms. The molecule has 90 valence electrons. The van der Waals surface area contributed by atoms with Gasteiger partial charge in [-0.05, 0) is 0 Å². The van der Waals surface area contributed by atoms with Gasteiger partial charge in [0.25, 0.3) is 0 Å². The Morgan fingerprint density at radius 1 is 1.11 bits per heavy atom. The van der Waals surface area contributed by atoms with E-state index in [-0.39, 0.29) is 0 Å². The predicted molar refractivity (Wildman–Crippen MR) is 79.2 cm³/mol. The van der Waals surface area contributed by atoms with E-state index in [4.69, 9.17) is 0 Å². The smallest absolute Gasteiger partial charge is 0.150 e. The van der Waals surface area contributed by atoms with Gasteiger partial charge in [-0.1, -0.05) is 42.1 Å². The molecule has 0 saturated carbocycles. The average Bonchev–Trinajstić information content (AvgIpc) is 3.09. The Labute approximate surface area is 118 Å². The van der Waals surface area contributed by atoms with Crippen LogP contribution in [0, 0.1) is 0 Å². The van der Waals surface area contributed by atoms with Crippen molar-refractivity contribution in [2.24, 2.45) is 0 Å². The lowest BCUT2D eigenvalue weighted by atomic mass is 10.2. The van der Waals surface area contributed by atoms with Gasteiger partial charge in [-0.25, -0.2) is 9.97 Å². The van der Waals surface area contributed by atoms with Gasteiger partial charge in [-0.3, -0.25) is 0 Å². The maximum Gasteiger partial charge on any atom is 0.150 e. The van der Waals surface area contributed by atoms with Crippen molar-refractivity contribution in [2.45, 2.75) is 10.1 Å². The molecule has 0 radical (unpaired) electrons. The summed E-state index contributed by atoms with van der Waals surface area (Å²) in [6.45, 7) is 0. The summed E-state index contributed by atoms with van der Waals surface area (Å²) in [5, 5.41) is 5.21. The highest BCUT2D eigenvalue weighted by atomic mass is 32.2. The van der Waals surface area contributed by atoms with Crippen LogP contribution in [-0.2, 0) is 5.75 Å². The molecule has 3 rings (SSSR count). The van der Waals surface area contributed by atoms with Crippen LogP contribution in [0.4, 0.5) is 0 Å². The molecule has 2 aromatic heterocycles. The Balaban J connectivity index is 1.70. The molecule has 0 aliphatic heterocycles. The van der Waals surface area contributed by atoms with Gasteiger partial charge in [0.2, 0.25) is 0 Å². The summed E-state index contributed by atoms with van der Waals surface area (Å²) >= 11 is 5.11. The number of nitrogens with zero attached hydrogens (tertiary/aromatic N) is 2. The zero-order valence-corrected chi connectivity index (χ0v) is 11.9. The van der Waals surface area contributed by atoms with Crippen LogP contribution in [0.2, 0.25) is 0 Å². The molecule has 0 N–H and O–H groups in total. The molecule has 0 saturated heterocycles. The van der Waals surface area contributed by atoms with Gasteiger partial charge in [-0.15, -0.1) is 22.7 Å². The number of hydrogen-bond acceptors (Lipinski definition) is 5. The minimum absolute atomic E-state index is 0.886. The molecular formula is C13H10N2S3. The lowest BCUT2D eigenvalue weighted by molar-refractivity contribution is 1.21. The van der Waals surface area contributed by atoms with Crippen LogP contribution in [0.5, 0.6) is 0 Å². The number of thiazole rings is 2. The van der Waals surface area contributed by atoms with E-state index in [1.54, 1.807) is 34.4 Å². The lowest BCUT2D eigenvalue weighted by Crippen LogP contribution is -1.81. The first kappa shape index (κ1) is 11.9. The first-order valence-corrected chi connectivity index (χ1v) is 8.18. The van der Waals surface area contributed by atoms with Gasteiger partial charge in [0.1, 0.15) is 9.35 Å². The minimum Gasteiger partial charge on any atom is -0.240 e. The average molecular weight is 290 g/mol. The normalized spacial score (nSPS) is 10.7. The highest BCUT2D eigenvalue weighted by Crippen LogP contribution is 2.28. The van der Waals surface area contributed by atoms with Crippen LogP contribution in [0.15, 0.2) is 51.6 Å². The molecule has 0 aliphatic rings. The predicted octanol–water partition coefficient (Wildman–Crippen LogP) is 4.56. The molecule has 2 nitrogen and oxygen atoms in total. The summed E-state index contributed by atoms with van der Waals surface area (Å²) in [7, 11) is 0. The first-order chi connectivity index (χ1) is 8.92. The topological polar surface area (TPSA) is 25.8 Å². The monoisotopic (exact) mass is 290 g/mol. The van der Waals surface area contributed by atoms with E-state index in [0.717, 1.165) is 20.8 Å². The van der Waals surface area contributed by atoms with E-state index in [9.17, 15) is 0 Å². The molecule has 0 aliphatic carbocycles. The van der Waals surface area contributed by atoms with Gasteiger partial charge >= 0.3 is 0 Å². The molecule has 18 heavy (non-hydrogen) atoms. The molecular weight excluding hydrogens is 280 g/mol. The van der Waals surface area contributed by atoms with Crippen molar-refractivity contribution in [1.29, 1.82) is 0 Å². The van der Waals surface area contributed by atoms with Gasteiger partial charge in [0.15, 0.2) is 0 Å². The molecule has 0 unspecified atom stereocenters. The minimum atomic E-state index is 0.886. The zero-order chi connectivity index (χ0) is 12.2. The fourth-order valence-corrected chi connectivity index (χ4v) is 3.97. The second kappa shape index (κ2) is 5.65. The van der Waals surface area contributed by atoms with Gasteiger partial charge in [0.05, 0.1) is 5.69 Å². The van der Waals surface area contributed by atoms with Crippen LogP contribution in [0.25, 0.3) is 10.6 Å². The van der Waals surface area contributed by atoms with Crippen LogP contribution in [0.3, 0.4) is 0 Å². The summed E-state index contributed by atoms with van der Waals surface area (Å²) in [5.41, 5.74) is 2.31. The van der Waals surface area contributed by atoms with Crippen molar-refractivity contribution in [3.8, 4) is 10.6 Å². The Morgan fingerprint density at radius 3 is 2.78 bits per heavy atom. The Morgan fingerprint density at radius 2 is 2.00 bits per heavy atom. The molecule has 3 aromatic rings. The Kier molecular flexibility index (Phi) is 3.73. The SMILES string of the molecule is c1ccc(-c2nc(CSc3nccs3)cs2)cc1. The number of thioether (sulfide) groups is 1. The summed E-state index contributed by atoms with van der Waals surface area (Å²) in [4.78, 5) is 8.91. The van der Waals surface area contributed by atoms with Crippen molar-refractivity contribution in [3.05, 3.63) is 53.0 Å². The molecule has 5 heteroatoms. The fraction of sp³-hybridized carbons (Fsp3) is 0.0769. The van der Waals surface area contributed by atoms with Crippen molar-refractivity contribution < 1.29 is 0 Å². The Bertz CT molecular complexity index is 602. The molecule has 2 heterocycles. The zero-order valence-electron chi connectivity index (χ0n) is 9.45. The highest BCUT2D eigenvalue weighted by molar-refractivity contribution is 8.00. The third kappa shape index (κ3) is 2.80. The van der Waals surface area contributed by atoms with Crippen LogP contribution in [-0.4, -0.2) is 9.97 Å². The third-order valence-electron chi connectivity index (χ3n) is 2.33. The fourth-order valence-electron chi connectivity index (χ4n) is 1.50. The summed E-state index contributed by atoms with van der Waals surface area (Å²) in [6, 6.07) is 10.3. The largest absolute Gasteiger partial charge is 0.240 e. The number of benzene rings is 1. The van der Waals surface area contributed by atoms with Crippen molar-refractivity contribution >= 4 is 34.4 Å². The van der Waals surface area contributed by atoms with E-state index in [1.807, 2.05) is 29.8 Å². The molecule has 1 aromatic carbocycles. The summed E-state index contributed by atoms with van der Waals surface area (Å²) in [5.74, 6) is 0.886. The molecule has 0 fully saturated rings. The first-order valence-electron chi connectivity index (χ1n) is 5.44. The van der Waals surface area contributed by atoms with Gasteiger partial charge in [-0.2, -0.15) is 0 Å². The maximum absolute atomic E-state index is 4.65. The summed E-state index contributed by atoms with van der Waals surface area (Å²) < 4.78 is 1.10. The Hall–Kier alpha value is -1.17. The van der Waals surface area contributed by atoms with Gasteiger partial charge in [0, 0.05) is 28.3 Å². The second-order valence-corrected chi connectivity index (χ2v) is 6.57. The van der Waals surface area contributed by atoms with Crippen LogP contribution >= 0.6 is 34.4 Å². The van der Waals surface area contributed by atoms with E-state index < -0.39 is 0 Å². The standard InChI is InChI=1S/C13H10N2S3/c1-2-4-10(5-3-1)12-15-11(8-17-12)9-18-13-14-6-7-16-13/h1-8H,9H2. The third-order valence-corrected chi connectivity index (χ3v) is 5.27. The van der Waals surface area contributed by atoms with Crippen molar-refractivity contribution in [2.75, 3.05) is 0 Å². The lowest BCUT2D eigenvalue weighted by Gasteiger charge is -1.95. The van der Waals surface area contributed by atoms with E-state index >= 15 is 0 Å². The highest BCUT2D eigenvalue weighted by Gasteiger charge is 2.05.